The van der Waals surface area contributed by atoms with Crippen LogP contribution in [0.25, 0.3) is 5.69 Å². The molecule has 0 saturated carbocycles. The number of benzene rings is 1. The van der Waals surface area contributed by atoms with Gasteiger partial charge in [0.25, 0.3) is 5.69 Å². The molecule has 0 N–H and O–H groups in total. The van der Waals surface area contributed by atoms with Crippen LogP contribution in [0.5, 0.6) is 0 Å². The van der Waals surface area contributed by atoms with Gasteiger partial charge in [0, 0.05) is 16.7 Å². The van der Waals surface area contributed by atoms with E-state index in [0.717, 1.165) is 11.5 Å². The molecular weight excluding hydrogens is 286 g/mol. The summed E-state index contributed by atoms with van der Waals surface area (Å²) in [5.74, 6) is 0.730. The molecule has 0 fully saturated rings. The molecule has 1 aromatic heterocycles. The molecular formula is C11H10BrN3O2. The second-order valence-corrected chi connectivity index (χ2v) is 4.61. The van der Waals surface area contributed by atoms with Crippen molar-refractivity contribution in [2.75, 3.05) is 0 Å². The molecule has 0 bridgehead atoms. The van der Waals surface area contributed by atoms with E-state index >= 15 is 0 Å². The van der Waals surface area contributed by atoms with E-state index in [0.29, 0.717) is 10.2 Å². The van der Waals surface area contributed by atoms with E-state index in [1.54, 1.807) is 22.9 Å². The summed E-state index contributed by atoms with van der Waals surface area (Å²) in [4.78, 5) is 14.9. The van der Waals surface area contributed by atoms with E-state index < -0.39 is 4.92 Å². The van der Waals surface area contributed by atoms with E-state index in [9.17, 15) is 10.1 Å². The summed E-state index contributed by atoms with van der Waals surface area (Å²) in [6, 6.07) is 4.97. The molecule has 0 saturated heterocycles. The first-order valence-electron chi connectivity index (χ1n) is 4.96. The first-order chi connectivity index (χ1) is 7.99. The van der Waals surface area contributed by atoms with Crippen LogP contribution in [0.3, 0.4) is 0 Å². The van der Waals surface area contributed by atoms with Gasteiger partial charge in [0.2, 0.25) is 0 Å². The largest absolute Gasteiger partial charge is 0.298 e. The van der Waals surface area contributed by atoms with Crippen LogP contribution in [0.2, 0.25) is 0 Å². The Morgan fingerprint density at radius 3 is 2.65 bits per heavy atom. The van der Waals surface area contributed by atoms with Crippen molar-refractivity contribution in [2.45, 2.75) is 13.8 Å². The Hall–Kier alpha value is -1.69. The van der Waals surface area contributed by atoms with Gasteiger partial charge < -0.3 is 0 Å². The molecule has 2 aromatic rings. The molecule has 0 unspecified atom stereocenters. The van der Waals surface area contributed by atoms with Gasteiger partial charge in [-0.2, -0.15) is 0 Å². The Morgan fingerprint density at radius 2 is 2.12 bits per heavy atom. The molecule has 0 aliphatic carbocycles. The molecule has 17 heavy (non-hydrogen) atoms. The van der Waals surface area contributed by atoms with Gasteiger partial charge in [0.1, 0.15) is 11.5 Å². The number of imidazole rings is 1. The highest BCUT2D eigenvalue weighted by molar-refractivity contribution is 9.10. The predicted molar refractivity (Wildman–Crippen MR) is 67.4 cm³/mol. The van der Waals surface area contributed by atoms with Gasteiger partial charge in [-0.05, 0) is 26.0 Å². The Balaban J connectivity index is 2.67. The van der Waals surface area contributed by atoms with Gasteiger partial charge in [0.15, 0.2) is 0 Å². The Labute approximate surface area is 106 Å². The lowest BCUT2D eigenvalue weighted by Gasteiger charge is -2.06. The monoisotopic (exact) mass is 295 g/mol. The lowest BCUT2D eigenvalue weighted by atomic mass is 10.2. The van der Waals surface area contributed by atoms with Gasteiger partial charge in [-0.25, -0.2) is 4.98 Å². The van der Waals surface area contributed by atoms with Crippen molar-refractivity contribution in [2.24, 2.45) is 0 Å². The summed E-state index contributed by atoms with van der Waals surface area (Å²) < 4.78 is 2.40. The lowest BCUT2D eigenvalue weighted by Crippen LogP contribution is -2.01. The average Bonchev–Trinajstić information content (AvgIpc) is 2.57. The third-order valence-electron chi connectivity index (χ3n) is 2.40. The Morgan fingerprint density at radius 1 is 1.41 bits per heavy atom. The molecule has 88 valence electrons. The van der Waals surface area contributed by atoms with Crippen LogP contribution in [0.4, 0.5) is 5.69 Å². The van der Waals surface area contributed by atoms with Gasteiger partial charge in [-0.1, -0.05) is 15.9 Å². The van der Waals surface area contributed by atoms with Gasteiger partial charge >= 0.3 is 0 Å². The quantitative estimate of drug-likeness (QED) is 0.631. The highest BCUT2D eigenvalue weighted by atomic mass is 79.9. The third-order valence-corrected chi connectivity index (χ3v) is 2.89. The number of hydrogen-bond donors (Lipinski definition) is 0. The maximum atomic E-state index is 11.0. The molecule has 0 aliphatic rings. The lowest BCUT2D eigenvalue weighted by molar-refractivity contribution is -0.384. The van der Waals surface area contributed by atoms with Crippen LogP contribution in [0.1, 0.15) is 11.5 Å². The number of nitro benzene ring substituents is 1. The van der Waals surface area contributed by atoms with E-state index in [4.69, 9.17) is 0 Å². The van der Waals surface area contributed by atoms with Gasteiger partial charge in [-0.15, -0.1) is 0 Å². The standard InChI is InChI=1S/C11H10BrN3O2/c1-7-6-14(8(2)13-7)10-4-3-9(12)5-11(10)15(16)17/h3-6H,1-2H3. The van der Waals surface area contributed by atoms with Crippen molar-refractivity contribution in [3.05, 3.63) is 50.5 Å². The molecule has 2 rings (SSSR count). The van der Waals surface area contributed by atoms with E-state index in [1.807, 2.05) is 13.8 Å². The Kier molecular flexibility index (Phi) is 2.97. The number of rotatable bonds is 2. The highest BCUT2D eigenvalue weighted by Gasteiger charge is 2.17. The van der Waals surface area contributed by atoms with Crippen LogP contribution in [-0.2, 0) is 0 Å². The third kappa shape index (κ3) is 2.21. The molecule has 0 spiro atoms. The van der Waals surface area contributed by atoms with Crippen molar-refractivity contribution < 1.29 is 4.92 Å². The van der Waals surface area contributed by atoms with Crippen molar-refractivity contribution in [1.29, 1.82) is 0 Å². The molecule has 0 amide bonds. The highest BCUT2D eigenvalue weighted by Crippen LogP contribution is 2.27. The summed E-state index contributed by atoms with van der Waals surface area (Å²) >= 11 is 3.23. The molecule has 1 aromatic carbocycles. The van der Waals surface area contributed by atoms with E-state index in [-0.39, 0.29) is 5.69 Å². The number of nitrogens with zero attached hydrogens (tertiary/aromatic N) is 3. The number of halogens is 1. The summed E-state index contributed by atoms with van der Waals surface area (Å²) in [6.07, 6.45) is 1.78. The first-order valence-corrected chi connectivity index (χ1v) is 5.75. The summed E-state index contributed by atoms with van der Waals surface area (Å²) in [7, 11) is 0. The summed E-state index contributed by atoms with van der Waals surface area (Å²) in [6.45, 7) is 3.67. The molecule has 0 atom stereocenters. The number of hydrogen-bond acceptors (Lipinski definition) is 3. The maximum absolute atomic E-state index is 11.0. The second-order valence-electron chi connectivity index (χ2n) is 3.69. The molecule has 5 nitrogen and oxygen atoms in total. The topological polar surface area (TPSA) is 61.0 Å². The van der Waals surface area contributed by atoms with Gasteiger partial charge in [-0.3, -0.25) is 14.7 Å². The van der Waals surface area contributed by atoms with Crippen molar-refractivity contribution in [1.82, 2.24) is 9.55 Å². The zero-order valence-electron chi connectivity index (χ0n) is 9.35. The number of nitro groups is 1. The zero-order chi connectivity index (χ0) is 12.6. The smallest absolute Gasteiger partial charge is 0.294 e. The zero-order valence-corrected chi connectivity index (χ0v) is 10.9. The minimum absolute atomic E-state index is 0.0554. The van der Waals surface area contributed by atoms with Crippen LogP contribution in [0.15, 0.2) is 28.9 Å². The number of aromatic nitrogens is 2. The van der Waals surface area contributed by atoms with Crippen LogP contribution < -0.4 is 0 Å². The molecule has 6 heteroatoms. The predicted octanol–water partition coefficient (Wildman–Crippen LogP) is 3.16. The van der Waals surface area contributed by atoms with Crippen molar-refractivity contribution in [3.8, 4) is 5.69 Å². The van der Waals surface area contributed by atoms with Gasteiger partial charge in [0.05, 0.1) is 10.6 Å². The van der Waals surface area contributed by atoms with Crippen LogP contribution in [-0.4, -0.2) is 14.5 Å². The first kappa shape index (κ1) is 11.8. The molecule has 0 aliphatic heterocycles. The van der Waals surface area contributed by atoms with Crippen molar-refractivity contribution >= 4 is 21.6 Å². The fourth-order valence-corrected chi connectivity index (χ4v) is 2.06. The van der Waals surface area contributed by atoms with E-state index in [1.165, 1.54) is 6.07 Å². The number of aryl methyl sites for hydroxylation is 2. The fourth-order valence-electron chi connectivity index (χ4n) is 1.71. The molecule has 1 heterocycles. The van der Waals surface area contributed by atoms with Crippen LogP contribution in [0, 0.1) is 24.0 Å². The average molecular weight is 296 g/mol. The van der Waals surface area contributed by atoms with Crippen molar-refractivity contribution in [3.63, 3.8) is 0 Å². The molecule has 0 radical (unpaired) electrons. The minimum Gasteiger partial charge on any atom is -0.298 e. The fraction of sp³-hybridized carbons (Fsp3) is 0.182. The SMILES string of the molecule is Cc1cn(-c2ccc(Br)cc2[N+](=O)[O-])c(C)n1. The normalized spacial score (nSPS) is 10.5. The summed E-state index contributed by atoms with van der Waals surface area (Å²) in [5.41, 5.74) is 1.41. The second kappa shape index (κ2) is 4.29. The Bertz CT molecular complexity index is 592. The summed E-state index contributed by atoms with van der Waals surface area (Å²) in [5, 5.41) is 11.0. The van der Waals surface area contributed by atoms with E-state index in [2.05, 4.69) is 20.9 Å². The minimum atomic E-state index is -0.394. The maximum Gasteiger partial charge on any atom is 0.294 e. The van der Waals surface area contributed by atoms with Crippen LogP contribution >= 0.6 is 15.9 Å².